The van der Waals surface area contributed by atoms with Crippen LogP contribution in [0.25, 0.3) is 0 Å². The molecule has 0 spiro atoms. The van der Waals surface area contributed by atoms with Crippen LogP contribution >= 0.6 is 11.8 Å². The third-order valence-electron chi connectivity index (χ3n) is 5.41. The Labute approximate surface area is 220 Å². The third-order valence-corrected chi connectivity index (χ3v) is 6.49. The molecule has 3 aromatic rings. The number of para-hydroxylation sites is 2. The number of carbonyl (C=O) groups excluding carboxylic acids is 3. The molecule has 0 fully saturated rings. The fourth-order valence-electron chi connectivity index (χ4n) is 3.32. The van der Waals surface area contributed by atoms with Gasteiger partial charge in [-0.3, -0.25) is 14.4 Å². The van der Waals surface area contributed by atoms with E-state index in [1.165, 1.54) is 11.8 Å². The lowest BCUT2D eigenvalue weighted by Gasteiger charge is -2.14. The standard InChI is InChI=1S/C26H32N6O4S/c1-6-32-22(15-23(33)29-20-9-7-8-10-21(20)36-5)30-31-26(32)37-17(4)25(35)28-19-13-11-18(12-14-19)27-24(34)16(2)3/h7-14,16-17H,6,15H2,1-5H3,(H,27,34)(H,28,35)(H,29,33). The SMILES string of the molecule is CCn1c(CC(=O)Nc2ccccc2OC)nnc1SC(C)C(=O)Nc1ccc(NC(=O)C(C)C)cc1. The molecule has 0 saturated carbocycles. The average molecular weight is 525 g/mol. The number of aromatic nitrogens is 3. The van der Waals surface area contributed by atoms with Gasteiger partial charge in [-0.25, -0.2) is 0 Å². The van der Waals surface area contributed by atoms with Crippen molar-refractivity contribution in [2.45, 2.75) is 51.1 Å². The Morgan fingerprint density at radius 2 is 1.54 bits per heavy atom. The number of methoxy groups -OCH3 is 1. The quantitative estimate of drug-likeness (QED) is 0.321. The molecule has 1 aromatic heterocycles. The number of hydrogen-bond donors (Lipinski definition) is 3. The van der Waals surface area contributed by atoms with Gasteiger partial charge in [-0.15, -0.1) is 10.2 Å². The first-order valence-corrected chi connectivity index (χ1v) is 12.8. The van der Waals surface area contributed by atoms with Gasteiger partial charge in [0.25, 0.3) is 0 Å². The lowest BCUT2D eigenvalue weighted by molar-refractivity contribution is -0.119. The van der Waals surface area contributed by atoms with Crippen LogP contribution in [0.3, 0.4) is 0 Å². The summed E-state index contributed by atoms with van der Waals surface area (Å²) in [5.41, 5.74) is 1.86. The molecule has 0 bridgehead atoms. The lowest BCUT2D eigenvalue weighted by atomic mass is 10.2. The molecular weight excluding hydrogens is 492 g/mol. The number of benzene rings is 2. The minimum atomic E-state index is -0.468. The monoisotopic (exact) mass is 524 g/mol. The molecule has 37 heavy (non-hydrogen) atoms. The molecule has 3 rings (SSSR count). The Kier molecular flexibility index (Phi) is 9.67. The van der Waals surface area contributed by atoms with Crippen molar-refractivity contribution in [2.75, 3.05) is 23.1 Å². The van der Waals surface area contributed by atoms with Crippen molar-refractivity contribution in [3.8, 4) is 5.75 Å². The molecule has 10 nitrogen and oxygen atoms in total. The minimum absolute atomic E-state index is 0.0275. The number of amides is 3. The molecule has 0 saturated heterocycles. The highest BCUT2D eigenvalue weighted by atomic mass is 32.2. The van der Waals surface area contributed by atoms with Gasteiger partial charge in [0.1, 0.15) is 11.6 Å². The second-order valence-electron chi connectivity index (χ2n) is 8.54. The van der Waals surface area contributed by atoms with E-state index in [1.807, 2.05) is 37.5 Å². The molecule has 1 unspecified atom stereocenters. The van der Waals surface area contributed by atoms with Gasteiger partial charge in [0.2, 0.25) is 17.7 Å². The van der Waals surface area contributed by atoms with Crippen LogP contribution < -0.4 is 20.7 Å². The third kappa shape index (κ3) is 7.56. The summed E-state index contributed by atoms with van der Waals surface area (Å²) < 4.78 is 7.10. The second kappa shape index (κ2) is 12.9. The van der Waals surface area contributed by atoms with Crippen molar-refractivity contribution in [3.63, 3.8) is 0 Å². The van der Waals surface area contributed by atoms with E-state index < -0.39 is 5.25 Å². The summed E-state index contributed by atoms with van der Waals surface area (Å²) >= 11 is 1.26. The van der Waals surface area contributed by atoms with Crippen LogP contribution in [0.4, 0.5) is 17.1 Å². The maximum atomic E-state index is 12.8. The summed E-state index contributed by atoms with van der Waals surface area (Å²) in [4.78, 5) is 37.3. The molecule has 1 atom stereocenters. The van der Waals surface area contributed by atoms with Crippen molar-refractivity contribution in [1.82, 2.24) is 14.8 Å². The largest absolute Gasteiger partial charge is 0.495 e. The number of anilines is 3. The molecule has 0 aliphatic carbocycles. The Bertz CT molecular complexity index is 1240. The Morgan fingerprint density at radius 3 is 2.14 bits per heavy atom. The van der Waals surface area contributed by atoms with E-state index in [1.54, 1.807) is 50.4 Å². The minimum Gasteiger partial charge on any atom is -0.495 e. The van der Waals surface area contributed by atoms with Crippen LogP contribution in [0, 0.1) is 5.92 Å². The molecular formula is C26H32N6O4S. The van der Waals surface area contributed by atoms with Gasteiger partial charge in [-0.2, -0.15) is 0 Å². The van der Waals surface area contributed by atoms with Crippen LogP contribution in [0.15, 0.2) is 53.7 Å². The van der Waals surface area contributed by atoms with Gasteiger partial charge >= 0.3 is 0 Å². The first-order valence-electron chi connectivity index (χ1n) is 11.9. The number of carbonyl (C=O) groups is 3. The van der Waals surface area contributed by atoms with Gasteiger partial charge < -0.3 is 25.3 Å². The van der Waals surface area contributed by atoms with Crippen LogP contribution in [-0.2, 0) is 27.3 Å². The highest BCUT2D eigenvalue weighted by Crippen LogP contribution is 2.25. The lowest BCUT2D eigenvalue weighted by Crippen LogP contribution is -2.23. The molecule has 196 valence electrons. The molecule has 0 aliphatic heterocycles. The number of ether oxygens (including phenoxy) is 1. The van der Waals surface area contributed by atoms with E-state index in [-0.39, 0.29) is 30.1 Å². The molecule has 3 N–H and O–H groups in total. The van der Waals surface area contributed by atoms with Gasteiger partial charge in [0.15, 0.2) is 5.16 Å². The fraction of sp³-hybridized carbons (Fsp3) is 0.346. The van der Waals surface area contributed by atoms with Crippen LogP contribution in [-0.4, -0.2) is 44.8 Å². The van der Waals surface area contributed by atoms with E-state index in [4.69, 9.17) is 4.74 Å². The maximum absolute atomic E-state index is 12.8. The van der Waals surface area contributed by atoms with E-state index >= 15 is 0 Å². The van der Waals surface area contributed by atoms with E-state index in [9.17, 15) is 14.4 Å². The van der Waals surface area contributed by atoms with Crippen molar-refractivity contribution < 1.29 is 19.1 Å². The maximum Gasteiger partial charge on any atom is 0.237 e. The van der Waals surface area contributed by atoms with Gasteiger partial charge in [-0.05, 0) is 50.2 Å². The summed E-state index contributed by atoms with van der Waals surface area (Å²) in [5, 5.41) is 17.0. The molecule has 0 aliphatic rings. The summed E-state index contributed by atoms with van der Waals surface area (Å²) in [6.07, 6.45) is 0.0275. The number of thioether (sulfide) groups is 1. The first-order chi connectivity index (χ1) is 17.7. The zero-order valence-electron chi connectivity index (χ0n) is 21.6. The van der Waals surface area contributed by atoms with Crippen LogP contribution in [0.2, 0.25) is 0 Å². The summed E-state index contributed by atoms with van der Waals surface area (Å²) in [6, 6.07) is 14.1. The molecule has 0 radical (unpaired) electrons. The Hall–Kier alpha value is -3.86. The first kappa shape index (κ1) is 27.7. The van der Waals surface area contributed by atoms with Crippen molar-refractivity contribution in [2.24, 2.45) is 5.92 Å². The van der Waals surface area contributed by atoms with E-state index in [2.05, 4.69) is 26.1 Å². The molecule has 2 aromatic carbocycles. The summed E-state index contributed by atoms with van der Waals surface area (Å²) in [5.74, 6) is 0.429. The normalized spacial score (nSPS) is 11.6. The highest BCUT2D eigenvalue weighted by molar-refractivity contribution is 8.00. The van der Waals surface area contributed by atoms with Crippen LogP contribution in [0.1, 0.15) is 33.5 Å². The predicted molar refractivity (Wildman–Crippen MR) is 145 cm³/mol. The molecule has 11 heteroatoms. The smallest absolute Gasteiger partial charge is 0.237 e. The fourth-order valence-corrected chi connectivity index (χ4v) is 4.25. The van der Waals surface area contributed by atoms with Gasteiger partial charge in [0.05, 0.1) is 24.5 Å². The van der Waals surface area contributed by atoms with Crippen molar-refractivity contribution in [3.05, 3.63) is 54.4 Å². The number of nitrogens with one attached hydrogen (secondary N) is 3. The number of nitrogens with zero attached hydrogens (tertiary/aromatic N) is 3. The topological polar surface area (TPSA) is 127 Å². The van der Waals surface area contributed by atoms with Gasteiger partial charge in [0, 0.05) is 23.8 Å². The number of hydrogen-bond acceptors (Lipinski definition) is 7. The number of rotatable bonds is 11. The van der Waals surface area contributed by atoms with E-state index in [0.29, 0.717) is 40.3 Å². The zero-order valence-corrected chi connectivity index (χ0v) is 22.4. The zero-order chi connectivity index (χ0) is 26.9. The van der Waals surface area contributed by atoms with E-state index in [0.717, 1.165) is 0 Å². The summed E-state index contributed by atoms with van der Waals surface area (Å²) in [6.45, 7) is 7.90. The van der Waals surface area contributed by atoms with Crippen LogP contribution in [0.5, 0.6) is 5.75 Å². The second-order valence-corrected chi connectivity index (χ2v) is 9.85. The predicted octanol–water partition coefficient (Wildman–Crippen LogP) is 4.20. The molecule has 3 amide bonds. The summed E-state index contributed by atoms with van der Waals surface area (Å²) in [7, 11) is 1.54. The highest BCUT2D eigenvalue weighted by Gasteiger charge is 2.21. The molecule has 1 heterocycles. The average Bonchev–Trinajstić information content (AvgIpc) is 3.25. The van der Waals surface area contributed by atoms with Crippen molar-refractivity contribution >= 4 is 46.5 Å². The Morgan fingerprint density at radius 1 is 0.919 bits per heavy atom. The van der Waals surface area contributed by atoms with Crippen molar-refractivity contribution in [1.29, 1.82) is 0 Å². The Balaban J connectivity index is 1.59. The van der Waals surface area contributed by atoms with Gasteiger partial charge in [-0.1, -0.05) is 37.7 Å².